The van der Waals surface area contributed by atoms with Crippen molar-refractivity contribution in [1.29, 1.82) is 0 Å². The number of carbonyl (C=O) groups is 2. The molecule has 1 fully saturated rings. The minimum Gasteiger partial charge on any atom is -0.444 e. The molecule has 1 aliphatic rings. The maximum absolute atomic E-state index is 12.8. The highest BCUT2D eigenvalue weighted by Crippen LogP contribution is 2.39. The number of benzene rings is 1. The molecule has 9 heteroatoms. The summed E-state index contributed by atoms with van der Waals surface area (Å²) in [5, 5.41) is 6.83. The van der Waals surface area contributed by atoms with Gasteiger partial charge in [0.15, 0.2) is 0 Å². The number of ether oxygens (including phenoxy) is 1. The normalized spacial score (nSPS) is 16.5. The Labute approximate surface area is 201 Å². The molecule has 174 valence electrons. The molecule has 33 heavy (non-hydrogen) atoms. The van der Waals surface area contributed by atoms with Gasteiger partial charge in [-0.05, 0) is 61.7 Å². The minimum atomic E-state index is -0.546. The molecule has 8 nitrogen and oxygen atoms in total. The Kier molecular flexibility index (Phi) is 6.60. The zero-order valence-electron chi connectivity index (χ0n) is 18.9. The molecular weight excluding hydrogens is 486 g/mol. The van der Waals surface area contributed by atoms with Gasteiger partial charge in [-0.15, -0.1) is 0 Å². The number of nitrogens with one attached hydrogen (secondary N) is 3. The number of hydrogen-bond donors (Lipinski definition) is 3. The van der Waals surface area contributed by atoms with Crippen molar-refractivity contribution < 1.29 is 14.3 Å². The Hall–Kier alpha value is -3.07. The summed E-state index contributed by atoms with van der Waals surface area (Å²) in [7, 11) is 0. The predicted molar refractivity (Wildman–Crippen MR) is 133 cm³/mol. The van der Waals surface area contributed by atoms with E-state index in [4.69, 9.17) is 4.74 Å². The number of pyridine rings is 1. The highest BCUT2D eigenvalue weighted by atomic mass is 79.9. The second kappa shape index (κ2) is 9.43. The van der Waals surface area contributed by atoms with E-state index in [2.05, 4.69) is 41.4 Å². The summed E-state index contributed by atoms with van der Waals surface area (Å²) < 4.78 is 6.25. The lowest BCUT2D eigenvalue weighted by molar-refractivity contribution is 0.0500. The summed E-state index contributed by atoms with van der Waals surface area (Å²) in [4.78, 5) is 34.9. The molecule has 3 N–H and O–H groups in total. The Morgan fingerprint density at radius 1 is 1.24 bits per heavy atom. The summed E-state index contributed by atoms with van der Waals surface area (Å²) in [6.45, 7) is 6.99. The van der Waals surface area contributed by atoms with Crippen molar-refractivity contribution in [3.63, 3.8) is 0 Å². The molecule has 0 spiro atoms. The highest BCUT2D eigenvalue weighted by molar-refractivity contribution is 9.10. The maximum atomic E-state index is 12.8. The molecule has 0 unspecified atom stereocenters. The second-order valence-corrected chi connectivity index (χ2v) is 9.99. The zero-order chi connectivity index (χ0) is 23.6. The number of H-pyrrole nitrogens is 1. The van der Waals surface area contributed by atoms with Gasteiger partial charge in [-0.25, -0.2) is 9.78 Å². The summed E-state index contributed by atoms with van der Waals surface area (Å²) >= 11 is 3.65. The molecule has 0 bridgehead atoms. The fourth-order valence-electron chi connectivity index (χ4n) is 4.02. The van der Waals surface area contributed by atoms with Crippen LogP contribution >= 0.6 is 15.9 Å². The van der Waals surface area contributed by atoms with Crippen molar-refractivity contribution in [3.05, 3.63) is 52.8 Å². The van der Waals surface area contributed by atoms with Crippen LogP contribution in [0.4, 0.5) is 16.2 Å². The predicted octanol–water partition coefficient (Wildman–Crippen LogP) is 5.07. The Morgan fingerprint density at radius 3 is 2.73 bits per heavy atom. The Morgan fingerprint density at radius 2 is 2.00 bits per heavy atom. The summed E-state index contributed by atoms with van der Waals surface area (Å²) in [6.07, 6.45) is 4.88. The molecule has 1 atom stereocenters. The van der Waals surface area contributed by atoms with Crippen LogP contribution < -0.4 is 15.5 Å². The number of fused-ring (bicyclic) bond motifs is 1. The molecule has 0 radical (unpaired) electrons. The van der Waals surface area contributed by atoms with Crippen LogP contribution in [-0.2, 0) is 4.74 Å². The van der Waals surface area contributed by atoms with Gasteiger partial charge in [0.05, 0.1) is 21.2 Å². The van der Waals surface area contributed by atoms with E-state index >= 15 is 0 Å². The second-order valence-electron chi connectivity index (χ2n) is 9.13. The summed E-state index contributed by atoms with van der Waals surface area (Å²) in [5.74, 6) is -0.189. The van der Waals surface area contributed by atoms with E-state index in [1.165, 1.54) is 0 Å². The molecule has 2 aromatic heterocycles. The van der Waals surface area contributed by atoms with Crippen LogP contribution in [0.15, 0.2) is 47.2 Å². The largest absolute Gasteiger partial charge is 0.444 e. The van der Waals surface area contributed by atoms with Crippen LogP contribution in [0.5, 0.6) is 0 Å². The first kappa shape index (κ1) is 23.1. The number of amides is 2. The minimum absolute atomic E-state index is 0.0509. The SMILES string of the molecule is CC(C)(C)OC(=O)N[C@@H]1CCCN(c2c(Br)cnc3[nH]cc(NC(=O)c4ccccc4)c23)C1. The maximum Gasteiger partial charge on any atom is 0.407 e. The lowest BCUT2D eigenvalue weighted by Crippen LogP contribution is -2.49. The molecule has 1 aromatic carbocycles. The average Bonchev–Trinajstić information content (AvgIpc) is 3.15. The van der Waals surface area contributed by atoms with E-state index in [0.717, 1.165) is 34.9 Å². The van der Waals surface area contributed by atoms with Gasteiger partial charge in [0, 0.05) is 37.1 Å². The molecular formula is C24H28BrN5O3. The molecule has 3 aromatic rings. The van der Waals surface area contributed by atoms with Gasteiger partial charge in [-0.1, -0.05) is 18.2 Å². The lowest BCUT2D eigenvalue weighted by atomic mass is 10.0. The number of nitrogens with zero attached hydrogens (tertiary/aromatic N) is 2. The fraction of sp³-hybridized carbons (Fsp3) is 0.375. The molecule has 0 saturated carbocycles. The van der Waals surface area contributed by atoms with Crippen molar-refractivity contribution >= 4 is 50.3 Å². The van der Waals surface area contributed by atoms with Crippen molar-refractivity contribution in [3.8, 4) is 0 Å². The fourth-order valence-corrected chi connectivity index (χ4v) is 4.57. The molecule has 0 aliphatic carbocycles. The van der Waals surface area contributed by atoms with E-state index in [9.17, 15) is 9.59 Å². The first-order chi connectivity index (χ1) is 15.7. The van der Waals surface area contributed by atoms with Gasteiger partial charge in [0.2, 0.25) is 0 Å². The average molecular weight is 514 g/mol. The van der Waals surface area contributed by atoms with Crippen LogP contribution in [0.3, 0.4) is 0 Å². The van der Waals surface area contributed by atoms with E-state index in [-0.39, 0.29) is 11.9 Å². The Balaban J connectivity index is 1.59. The van der Waals surface area contributed by atoms with Crippen molar-refractivity contribution in [2.45, 2.75) is 45.3 Å². The van der Waals surface area contributed by atoms with Crippen LogP contribution in [0, 0.1) is 0 Å². The molecule has 1 saturated heterocycles. The number of alkyl carbamates (subject to hydrolysis) is 1. The number of hydrogen-bond acceptors (Lipinski definition) is 5. The third-order valence-electron chi connectivity index (χ3n) is 5.37. The topological polar surface area (TPSA) is 99.3 Å². The van der Waals surface area contributed by atoms with E-state index in [1.807, 2.05) is 39.0 Å². The third kappa shape index (κ3) is 5.47. The van der Waals surface area contributed by atoms with Gasteiger partial charge < -0.3 is 25.3 Å². The van der Waals surface area contributed by atoms with Crippen molar-refractivity contribution in [1.82, 2.24) is 15.3 Å². The number of aromatic nitrogens is 2. The quantitative estimate of drug-likeness (QED) is 0.452. The van der Waals surface area contributed by atoms with Crippen LogP contribution in [0.2, 0.25) is 0 Å². The number of aromatic amines is 1. The first-order valence-corrected chi connectivity index (χ1v) is 11.8. The third-order valence-corrected chi connectivity index (χ3v) is 5.95. The summed E-state index contributed by atoms with van der Waals surface area (Å²) in [6, 6.07) is 9.04. The summed E-state index contributed by atoms with van der Waals surface area (Å²) in [5.41, 5.74) is 2.30. The zero-order valence-corrected chi connectivity index (χ0v) is 20.5. The molecule has 2 amide bonds. The van der Waals surface area contributed by atoms with Gasteiger partial charge in [0.25, 0.3) is 5.91 Å². The van der Waals surface area contributed by atoms with Gasteiger partial charge in [0.1, 0.15) is 11.2 Å². The smallest absolute Gasteiger partial charge is 0.407 e. The van der Waals surface area contributed by atoms with E-state index in [0.29, 0.717) is 23.4 Å². The lowest BCUT2D eigenvalue weighted by Gasteiger charge is -2.36. The van der Waals surface area contributed by atoms with Crippen LogP contribution in [-0.4, -0.2) is 46.7 Å². The standard InChI is InChI=1S/C24H28BrN5O3/c1-24(2,3)33-23(32)28-16-10-7-11-30(14-16)20-17(25)12-26-21-19(20)18(13-27-21)29-22(31)15-8-5-4-6-9-15/h4-6,8-9,12-13,16H,7,10-11,14H2,1-3H3,(H,26,27)(H,28,32)(H,29,31)/t16-/m1/s1. The van der Waals surface area contributed by atoms with E-state index in [1.54, 1.807) is 24.5 Å². The van der Waals surface area contributed by atoms with Gasteiger partial charge in [-0.2, -0.15) is 0 Å². The van der Waals surface area contributed by atoms with Crippen molar-refractivity contribution in [2.24, 2.45) is 0 Å². The Bertz CT molecular complexity index is 1160. The first-order valence-electron chi connectivity index (χ1n) is 11.0. The van der Waals surface area contributed by atoms with Gasteiger partial charge in [-0.3, -0.25) is 4.79 Å². The molecule has 4 rings (SSSR count). The van der Waals surface area contributed by atoms with E-state index < -0.39 is 11.7 Å². The van der Waals surface area contributed by atoms with Crippen LogP contribution in [0.25, 0.3) is 11.0 Å². The number of halogens is 1. The van der Waals surface area contributed by atoms with Gasteiger partial charge >= 0.3 is 6.09 Å². The highest BCUT2D eigenvalue weighted by Gasteiger charge is 2.27. The van der Waals surface area contributed by atoms with Crippen molar-refractivity contribution in [2.75, 3.05) is 23.3 Å². The van der Waals surface area contributed by atoms with Crippen LogP contribution in [0.1, 0.15) is 44.0 Å². The number of anilines is 2. The number of piperidine rings is 1. The number of rotatable bonds is 4. The molecule has 1 aliphatic heterocycles. The number of carbonyl (C=O) groups excluding carboxylic acids is 2. The molecule has 3 heterocycles. The monoisotopic (exact) mass is 513 g/mol.